The normalized spacial score (nSPS) is 14.9. The molecular weight excluding hydrogens is 234 g/mol. The molecule has 5 nitrogen and oxygen atoms in total. The van der Waals surface area contributed by atoms with E-state index >= 15 is 0 Å². The summed E-state index contributed by atoms with van der Waals surface area (Å²) in [4.78, 5) is 23.2. The average molecular weight is 259 g/mol. The van der Waals surface area contributed by atoms with Gasteiger partial charge in [-0.3, -0.25) is 4.79 Å². The molecule has 0 fully saturated rings. The molecule has 5 heteroatoms. The molecule has 0 saturated carbocycles. The molecule has 106 valence electrons. The molecule has 0 aliphatic carbocycles. The van der Waals surface area contributed by atoms with Crippen molar-refractivity contribution in [2.75, 3.05) is 7.11 Å². The van der Waals surface area contributed by atoms with Crippen LogP contribution in [-0.2, 0) is 14.3 Å². The third kappa shape index (κ3) is 5.89. The Morgan fingerprint density at radius 3 is 1.94 bits per heavy atom. The quantitative estimate of drug-likeness (QED) is 0.787. The number of esters is 1. The first kappa shape index (κ1) is 16.7. The fourth-order valence-corrected chi connectivity index (χ4v) is 1.65. The molecule has 1 amide bonds. The van der Waals surface area contributed by atoms with Gasteiger partial charge in [-0.25, -0.2) is 4.79 Å². The standard InChI is InChI=1S/C13H25NO4/c1-8(2)10(9(3)11(15)17-7)14-12(16)18-13(4,5)6/h8-10H,1-7H3,(H,14,16). The van der Waals surface area contributed by atoms with Crippen LogP contribution in [0.4, 0.5) is 4.79 Å². The number of carbonyl (C=O) groups is 2. The fraction of sp³-hybridized carbons (Fsp3) is 0.846. The van der Waals surface area contributed by atoms with E-state index in [1.54, 1.807) is 27.7 Å². The molecule has 0 aromatic carbocycles. The van der Waals surface area contributed by atoms with Gasteiger partial charge in [0.2, 0.25) is 0 Å². The van der Waals surface area contributed by atoms with Gasteiger partial charge >= 0.3 is 12.1 Å². The molecule has 18 heavy (non-hydrogen) atoms. The van der Waals surface area contributed by atoms with Crippen molar-refractivity contribution < 1.29 is 19.1 Å². The van der Waals surface area contributed by atoms with Crippen LogP contribution in [0.15, 0.2) is 0 Å². The summed E-state index contributed by atoms with van der Waals surface area (Å²) in [5.74, 6) is -0.654. The molecule has 0 saturated heterocycles. The van der Waals surface area contributed by atoms with Crippen LogP contribution in [0.2, 0.25) is 0 Å². The Morgan fingerprint density at radius 1 is 1.11 bits per heavy atom. The SMILES string of the molecule is COC(=O)C(C)C(NC(=O)OC(C)(C)C)C(C)C. The van der Waals surface area contributed by atoms with E-state index in [-0.39, 0.29) is 17.9 Å². The van der Waals surface area contributed by atoms with E-state index in [2.05, 4.69) is 5.32 Å². The van der Waals surface area contributed by atoms with Crippen LogP contribution in [0.3, 0.4) is 0 Å². The van der Waals surface area contributed by atoms with E-state index in [1.165, 1.54) is 7.11 Å². The maximum absolute atomic E-state index is 11.7. The minimum atomic E-state index is -0.555. The Morgan fingerprint density at radius 2 is 1.61 bits per heavy atom. The van der Waals surface area contributed by atoms with Crippen LogP contribution in [-0.4, -0.2) is 30.8 Å². The molecule has 0 aliphatic heterocycles. The molecule has 0 radical (unpaired) electrons. The molecule has 0 bridgehead atoms. The summed E-state index contributed by atoms with van der Waals surface area (Å²) in [6.07, 6.45) is -0.517. The molecule has 2 atom stereocenters. The van der Waals surface area contributed by atoms with Gasteiger partial charge in [0, 0.05) is 6.04 Å². The topological polar surface area (TPSA) is 64.6 Å². The molecule has 2 unspecified atom stereocenters. The summed E-state index contributed by atoms with van der Waals surface area (Å²) >= 11 is 0. The van der Waals surface area contributed by atoms with Crippen LogP contribution in [0, 0.1) is 11.8 Å². The molecule has 1 N–H and O–H groups in total. The number of methoxy groups -OCH3 is 1. The van der Waals surface area contributed by atoms with Crippen molar-refractivity contribution in [1.82, 2.24) is 5.32 Å². The predicted octanol–water partition coefficient (Wildman–Crippen LogP) is 2.34. The number of amides is 1. The number of nitrogens with one attached hydrogen (secondary N) is 1. The van der Waals surface area contributed by atoms with Crippen LogP contribution < -0.4 is 5.32 Å². The second-order valence-electron chi connectivity index (χ2n) is 5.73. The van der Waals surface area contributed by atoms with Gasteiger partial charge in [-0.1, -0.05) is 13.8 Å². The van der Waals surface area contributed by atoms with Gasteiger partial charge in [-0.05, 0) is 33.6 Å². The van der Waals surface area contributed by atoms with Crippen molar-refractivity contribution in [3.63, 3.8) is 0 Å². The zero-order valence-electron chi connectivity index (χ0n) is 12.4. The number of hydrogen-bond donors (Lipinski definition) is 1. The zero-order valence-corrected chi connectivity index (χ0v) is 12.4. The van der Waals surface area contributed by atoms with E-state index in [0.29, 0.717) is 0 Å². The lowest BCUT2D eigenvalue weighted by Crippen LogP contribution is -2.47. The molecule has 0 heterocycles. The summed E-state index contributed by atoms with van der Waals surface area (Å²) < 4.78 is 9.87. The zero-order chi connectivity index (χ0) is 14.5. The van der Waals surface area contributed by atoms with Crippen LogP contribution in [0.25, 0.3) is 0 Å². The third-order valence-electron chi connectivity index (χ3n) is 2.51. The lowest BCUT2D eigenvalue weighted by molar-refractivity contribution is -0.146. The summed E-state index contributed by atoms with van der Waals surface area (Å²) in [5.41, 5.74) is -0.555. The van der Waals surface area contributed by atoms with Gasteiger partial charge in [0.15, 0.2) is 0 Å². The minimum absolute atomic E-state index is 0.103. The summed E-state index contributed by atoms with van der Waals surface area (Å²) in [6, 6.07) is -0.313. The Kier molecular flexibility index (Phi) is 6.15. The van der Waals surface area contributed by atoms with Crippen molar-refractivity contribution in [3.8, 4) is 0 Å². The highest BCUT2D eigenvalue weighted by Gasteiger charge is 2.30. The summed E-state index contributed by atoms with van der Waals surface area (Å²) in [5, 5.41) is 2.73. The van der Waals surface area contributed by atoms with E-state index in [4.69, 9.17) is 9.47 Å². The molecular formula is C13H25NO4. The molecule has 0 spiro atoms. The molecule has 0 aromatic rings. The summed E-state index contributed by atoms with van der Waals surface area (Å²) in [7, 11) is 1.34. The second kappa shape index (κ2) is 6.61. The average Bonchev–Trinajstić information content (AvgIpc) is 2.20. The first-order valence-electron chi connectivity index (χ1n) is 6.15. The van der Waals surface area contributed by atoms with Crippen molar-refractivity contribution >= 4 is 12.1 Å². The van der Waals surface area contributed by atoms with Crippen LogP contribution >= 0.6 is 0 Å². The maximum atomic E-state index is 11.7. The largest absolute Gasteiger partial charge is 0.469 e. The monoisotopic (exact) mass is 259 g/mol. The van der Waals surface area contributed by atoms with Gasteiger partial charge in [0.05, 0.1) is 13.0 Å². The second-order valence-corrected chi connectivity index (χ2v) is 5.73. The number of carbonyl (C=O) groups excluding carboxylic acids is 2. The Balaban J connectivity index is 4.64. The highest BCUT2D eigenvalue weighted by molar-refractivity contribution is 5.74. The number of ether oxygens (including phenoxy) is 2. The van der Waals surface area contributed by atoms with Crippen molar-refractivity contribution in [2.45, 2.75) is 53.2 Å². The third-order valence-corrected chi connectivity index (χ3v) is 2.51. The minimum Gasteiger partial charge on any atom is -0.469 e. The van der Waals surface area contributed by atoms with Crippen LogP contribution in [0.5, 0.6) is 0 Å². The van der Waals surface area contributed by atoms with Crippen molar-refractivity contribution in [3.05, 3.63) is 0 Å². The number of alkyl carbamates (subject to hydrolysis) is 1. The van der Waals surface area contributed by atoms with E-state index in [0.717, 1.165) is 0 Å². The van der Waals surface area contributed by atoms with Gasteiger partial charge in [-0.15, -0.1) is 0 Å². The first-order valence-corrected chi connectivity index (χ1v) is 6.15. The first-order chi connectivity index (χ1) is 8.08. The Bertz CT molecular complexity index is 294. The Labute approximate surface area is 109 Å². The summed E-state index contributed by atoms with van der Waals surface area (Å²) in [6.45, 7) is 11.0. The highest BCUT2D eigenvalue weighted by Crippen LogP contribution is 2.15. The molecule has 0 rings (SSSR count). The van der Waals surface area contributed by atoms with Crippen molar-refractivity contribution in [1.29, 1.82) is 0 Å². The fourth-order valence-electron chi connectivity index (χ4n) is 1.65. The maximum Gasteiger partial charge on any atom is 0.407 e. The van der Waals surface area contributed by atoms with Gasteiger partial charge in [0.25, 0.3) is 0 Å². The lowest BCUT2D eigenvalue weighted by atomic mass is 9.92. The van der Waals surface area contributed by atoms with E-state index < -0.39 is 17.6 Å². The van der Waals surface area contributed by atoms with Crippen molar-refractivity contribution in [2.24, 2.45) is 11.8 Å². The van der Waals surface area contributed by atoms with E-state index in [1.807, 2.05) is 13.8 Å². The number of hydrogen-bond acceptors (Lipinski definition) is 4. The molecule has 0 aliphatic rings. The van der Waals surface area contributed by atoms with Gasteiger partial charge in [0.1, 0.15) is 5.60 Å². The van der Waals surface area contributed by atoms with Crippen LogP contribution in [0.1, 0.15) is 41.5 Å². The smallest absolute Gasteiger partial charge is 0.407 e. The Hall–Kier alpha value is -1.26. The van der Waals surface area contributed by atoms with E-state index in [9.17, 15) is 9.59 Å². The van der Waals surface area contributed by atoms with Gasteiger partial charge < -0.3 is 14.8 Å². The highest BCUT2D eigenvalue weighted by atomic mass is 16.6. The lowest BCUT2D eigenvalue weighted by Gasteiger charge is -2.28. The predicted molar refractivity (Wildman–Crippen MR) is 69.2 cm³/mol. The van der Waals surface area contributed by atoms with Gasteiger partial charge in [-0.2, -0.15) is 0 Å². The molecule has 0 aromatic heterocycles. The number of rotatable bonds is 4.